The zero-order chi connectivity index (χ0) is 15.0. The van der Waals surface area contributed by atoms with Gasteiger partial charge in [0.1, 0.15) is 11.5 Å². The van der Waals surface area contributed by atoms with E-state index in [0.717, 1.165) is 11.3 Å². The van der Waals surface area contributed by atoms with Crippen LogP contribution in [0.2, 0.25) is 0 Å². The molecule has 21 heavy (non-hydrogen) atoms. The molecule has 0 aliphatic heterocycles. The van der Waals surface area contributed by atoms with Gasteiger partial charge in [-0.25, -0.2) is 14.5 Å². The molecule has 3 aromatic rings. The van der Waals surface area contributed by atoms with Crippen molar-refractivity contribution in [1.82, 2.24) is 14.8 Å². The predicted molar refractivity (Wildman–Crippen MR) is 75.5 cm³/mol. The van der Waals surface area contributed by atoms with Crippen molar-refractivity contribution in [1.29, 1.82) is 0 Å². The molecule has 0 saturated heterocycles. The minimum atomic E-state index is -1.09. The summed E-state index contributed by atoms with van der Waals surface area (Å²) in [4.78, 5) is 15.4. The molecule has 0 atom stereocenters. The molecule has 3 rings (SSSR count). The van der Waals surface area contributed by atoms with E-state index in [-0.39, 0.29) is 5.69 Å². The molecule has 0 spiro atoms. The minimum Gasteiger partial charge on any atom is -0.476 e. The second-order valence-corrected chi connectivity index (χ2v) is 4.73. The number of aryl methyl sites for hydroxylation is 2. The van der Waals surface area contributed by atoms with E-state index in [1.54, 1.807) is 12.3 Å². The van der Waals surface area contributed by atoms with Crippen LogP contribution >= 0.6 is 0 Å². The van der Waals surface area contributed by atoms with Crippen molar-refractivity contribution >= 4 is 5.97 Å². The van der Waals surface area contributed by atoms with E-state index in [2.05, 4.69) is 10.1 Å². The van der Waals surface area contributed by atoms with Gasteiger partial charge in [0, 0.05) is 12.3 Å². The largest absolute Gasteiger partial charge is 0.476 e. The Balaban J connectivity index is 2.21. The smallest absolute Gasteiger partial charge is 0.356 e. The Labute approximate surface area is 120 Å². The van der Waals surface area contributed by atoms with Crippen molar-refractivity contribution < 1.29 is 14.3 Å². The molecule has 0 aliphatic carbocycles. The number of hydrogen-bond donors (Lipinski definition) is 1. The van der Waals surface area contributed by atoms with Crippen LogP contribution in [0.15, 0.2) is 40.9 Å². The average Bonchev–Trinajstić information content (AvgIpc) is 3.04. The summed E-state index contributed by atoms with van der Waals surface area (Å²) in [6.07, 6.45) is 1.66. The maximum atomic E-state index is 11.2. The van der Waals surface area contributed by atoms with E-state index >= 15 is 0 Å². The lowest BCUT2D eigenvalue weighted by Crippen LogP contribution is -2.04. The van der Waals surface area contributed by atoms with Crippen LogP contribution in [0, 0.1) is 13.8 Å². The van der Waals surface area contributed by atoms with Gasteiger partial charge in [0.05, 0.1) is 0 Å². The topological polar surface area (TPSA) is 81.2 Å². The highest BCUT2D eigenvalue weighted by atomic mass is 16.4. The number of carboxylic acids is 1. The maximum absolute atomic E-state index is 11.2. The third-order valence-corrected chi connectivity index (χ3v) is 3.04. The Morgan fingerprint density at radius 3 is 2.67 bits per heavy atom. The van der Waals surface area contributed by atoms with Crippen LogP contribution in [0.3, 0.4) is 0 Å². The fourth-order valence-electron chi connectivity index (χ4n) is 2.04. The molecule has 1 N–H and O–H groups in total. The van der Waals surface area contributed by atoms with E-state index < -0.39 is 5.97 Å². The van der Waals surface area contributed by atoms with Crippen LogP contribution in [0.5, 0.6) is 0 Å². The van der Waals surface area contributed by atoms with Crippen LogP contribution in [0.25, 0.3) is 17.3 Å². The number of carbonyl (C=O) groups is 1. The second-order valence-electron chi connectivity index (χ2n) is 4.73. The number of pyridine rings is 1. The molecule has 0 bridgehead atoms. The highest BCUT2D eigenvalue weighted by Gasteiger charge is 2.18. The van der Waals surface area contributed by atoms with Gasteiger partial charge in [-0.3, -0.25) is 0 Å². The summed E-state index contributed by atoms with van der Waals surface area (Å²) >= 11 is 0. The van der Waals surface area contributed by atoms with Crippen molar-refractivity contribution in [3.8, 4) is 17.3 Å². The lowest BCUT2D eigenvalue weighted by Gasteiger charge is -2.05. The van der Waals surface area contributed by atoms with E-state index in [1.165, 1.54) is 10.7 Å². The highest BCUT2D eigenvalue weighted by Crippen LogP contribution is 2.25. The fourth-order valence-corrected chi connectivity index (χ4v) is 2.04. The lowest BCUT2D eigenvalue weighted by atomic mass is 10.2. The monoisotopic (exact) mass is 283 g/mol. The van der Waals surface area contributed by atoms with Crippen LogP contribution in [0.1, 0.15) is 21.8 Å². The molecular formula is C15H13N3O3. The van der Waals surface area contributed by atoms with Crippen molar-refractivity contribution in [2.24, 2.45) is 0 Å². The van der Waals surface area contributed by atoms with Crippen molar-refractivity contribution in [2.45, 2.75) is 13.8 Å². The normalized spacial score (nSPS) is 10.8. The number of nitrogens with zero attached hydrogens (tertiary/aromatic N) is 3. The molecule has 0 aliphatic rings. The maximum Gasteiger partial charge on any atom is 0.356 e. The molecule has 0 saturated carbocycles. The zero-order valence-electron chi connectivity index (χ0n) is 11.6. The third-order valence-electron chi connectivity index (χ3n) is 3.04. The van der Waals surface area contributed by atoms with Gasteiger partial charge in [0.2, 0.25) is 0 Å². The zero-order valence-corrected chi connectivity index (χ0v) is 11.6. The van der Waals surface area contributed by atoms with E-state index in [0.29, 0.717) is 17.3 Å². The van der Waals surface area contributed by atoms with Crippen LogP contribution in [-0.4, -0.2) is 25.8 Å². The molecular weight excluding hydrogens is 270 g/mol. The molecule has 0 fully saturated rings. The molecule has 6 nitrogen and oxygen atoms in total. The summed E-state index contributed by atoms with van der Waals surface area (Å²) in [5.74, 6) is 0.750. The summed E-state index contributed by atoms with van der Waals surface area (Å²) in [6, 6.07) is 8.77. The Hall–Kier alpha value is -2.89. The standard InChI is InChI=1S/C15H13N3O3/c1-9-5-6-16-14(7-9)18-12(8-11(17-18)15(19)20)13-4-3-10(2)21-13/h3-8H,1-2H3,(H,19,20). The number of aromatic carboxylic acids is 1. The average molecular weight is 283 g/mol. The number of hydrogen-bond acceptors (Lipinski definition) is 4. The Morgan fingerprint density at radius 1 is 1.24 bits per heavy atom. The lowest BCUT2D eigenvalue weighted by molar-refractivity contribution is 0.0690. The van der Waals surface area contributed by atoms with Gasteiger partial charge in [-0.1, -0.05) is 0 Å². The summed E-state index contributed by atoms with van der Waals surface area (Å²) in [5, 5.41) is 13.3. The molecule has 0 radical (unpaired) electrons. The van der Waals surface area contributed by atoms with E-state index in [1.807, 2.05) is 32.0 Å². The number of carboxylic acid groups (broad SMARTS) is 1. The summed E-state index contributed by atoms with van der Waals surface area (Å²) in [6.45, 7) is 3.76. The summed E-state index contributed by atoms with van der Waals surface area (Å²) < 4.78 is 7.05. The molecule has 3 aromatic heterocycles. The molecule has 106 valence electrons. The molecule has 0 amide bonds. The quantitative estimate of drug-likeness (QED) is 0.799. The molecule has 0 unspecified atom stereocenters. The Morgan fingerprint density at radius 2 is 2.05 bits per heavy atom. The van der Waals surface area contributed by atoms with E-state index in [9.17, 15) is 4.79 Å². The SMILES string of the molecule is Cc1ccnc(-n2nc(C(=O)O)cc2-c2ccc(C)o2)c1. The minimum absolute atomic E-state index is 0.0534. The Kier molecular flexibility index (Phi) is 3.06. The highest BCUT2D eigenvalue weighted by molar-refractivity contribution is 5.87. The number of aromatic nitrogens is 3. The summed E-state index contributed by atoms with van der Waals surface area (Å²) in [7, 11) is 0. The van der Waals surface area contributed by atoms with Crippen LogP contribution < -0.4 is 0 Å². The first-order chi connectivity index (χ1) is 10.0. The van der Waals surface area contributed by atoms with Crippen LogP contribution in [0.4, 0.5) is 0 Å². The first kappa shape index (κ1) is 13.1. The molecule has 0 aromatic carbocycles. The molecule has 3 heterocycles. The van der Waals surface area contributed by atoms with Crippen molar-refractivity contribution in [3.63, 3.8) is 0 Å². The van der Waals surface area contributed by atoms with Gasteiger partial charge >= 0.3 is 5.97 Å². The van der Waals surface area contributed by atoms with Crippen molar-refractivity contribution in [3.05, 3.63) is 53.5 Å². The molecule has 6 heteroatoms. The second kappa shape index (κ2) is 4.90. The van der Waals surface area contributed by atoms with Gasteiger partial charge in [0.25, 0.3) is 0 Å². The summed E-state index contributed by atoms with van der Waals surface area (Å²) in [5.41, 5.74) is 1.51. The number of furan rings is 1. The fraction of sp³-hybridized carbons (Fsp3) is 0.133. The van der Waals surface area contributed by atoms with Crippen molar-refractivity contribution in [2.75, 3.05) is 0 Å². The first-order valence-corrected chi connectivity index (χ1v) is 6.38. The van der Waals surface area contributed by atoms with E-state index in [4.69, 9.17) is 9.52 Å². The number of rotatable bonds is 3. The van der Waals surface area contributed by atoms with Gasteiger partial charge in [-0.15, -0.1) is 0 Å². The third kappa shape index (κ3) is 2.43. The van der Waals surface area contributed by atoms with Gasteiger partial charge < -0.3 is 9.52 Å². The van der Waals surface area contributed by atoms with Gasteiger partial charge in [-0.2, -0.15) is 5.10 Å². The Bertz CT molecular complexity index is 817. The van der Waals surface area contributed by atoms with Gasteiger partial charge in [0.15, 0.2) is 17.3 Å². The van der Waals surface area contributed by atoms with Crippen LogP contribution in [-0.2, 0) is 0 Å². The predicted octanol–water partition coefficient (Wildman–Crippen LogP) is 2.84. The van der Waals surface area contributed by atoms with Gasteiger partial charge in [-0.05, 0) is 43.7 Å². The first-order valence-electron chi connectivity index (χ1n) is 6.38.